The fourth-order valence-corrected chi connectivity index (χ4v) is 3.70. The van der Waals surface area contributed by atoms with Crippen LogP contribution in [0.1, 0.15) is 40.4 Å². The zero-order chi connectivity index (χ0) is 23.9. The van der Waals surface area contributed by atoms with E-state index >= 15 is 0 Å². The summed E-state index contributed by atoms with van der Waals surface area (Å²) in [7, 11) is 0. The van der Waals surface area contributed by atoms with Crippen molar-refractivity contribution in [2.45, 2.75) is 39.6 Å². The van der Waals surface area contributed by atoms with Gasteiger partial charge in [0, 0.05) is 19.3 Å². The number of carbonyl (C=O) groups excluding carboxylic acids is 1. The third kappa shape index (κ3) is 5.47. The van der Waals surface area contributed by atoms with Crippen molar-refractivity contribution in [3.05, 3.63) is 110 Å². The van der Waals surface area contributed by atoms with Crippen LogP contribution in [0.2, 0.25) is 0 Å². The molecular formula is C26H26N4O4. The van der Waals surface area contributed by atoms with Crippen LogP contribution in [0.25, 0.3) is 11.0 Å². The fraction of sp³-hybridized carbons (Fsp3) is 0.231. The lowest BCUT2D eigenvalue weighted by Gasteiger charge is -2.10. The number of nitrogens with zero attached hydrogens (tertiary/aromatic N) is 2. The van der Waals surface area contributed by atoms with Crippen molar-refractivity contribution in [2.24, 2.45) is 0 Å². The van der Waals surface area contributed by atoms with Crippen molar-refractivity contribution >= 4 is 16.9 Å². The predicted octanol–water partition coefficient (Wildman–Crippen LogP) is 3.14. The maximum absolute atomic E-state index is 12.7. The van der Waals surface area contributed by atoms with E-state index in [0.29, 0.717) is 32.7 Å². The molecule has 1 amide bonds. The number of benzene rings is 2. The molecule has 0 saturated carbocycles. The second-order valence-corrected chi connectivity index (χ2v) is 7.99. The quantitative estimate of drug-likeness (QED) is 0.401. The van der Waals surface area contributed by atoms with Gasteiger partial charge in [0.05, 0.1) is 24.2 Å². The van der Waals surface area contributed by atoms with Crippen molar-refractivity contribution in [2.75, 3.05) is 0 Å². The molecule has 0 fully saturated rings. The Bertz CT molecular complexity index is 1410. The summed E-state index contributed by atoms with van der Waals surface area (Å²) >= 11 is 0. The average Bonchev–Trinajstić information content (AvgIpc) is 2.86. The summed E-state index contributed by atoms with van der Waals surface area (Å²) in [6.45, 7) is 3.66. The molecule has 0 aliphatic rings. The van der Waals surface area contributed by atoms with E-state index in [4.69, 9.17) is 4.74 Å². The van der Waals surface area contributed by atoms with Crippen LogP contribution in [0, 0.1) is 0 Å². The Balaban J connectivity index is 1.41. The van der Waals surface area contributed by atoms with Crippen molar-refractivity contribution in [1.82, 2.24) is 19.9 Å². The molecule has 0 radical (unpaired) electrons. The van der Waals surface area contributed by atoms with Gasteiger partial charge in [-0.1, -0.05) is 61.5 Å². The number of hydrogen-bond donors (Lipinski definition) is 2. The summed E-state index contributed by atoms with van der Waals surface area (Å²) in [4.78, 5) is 43.6. The first kappa shape index (κ1) is 23.1. The van der Waals surface area contributed by atoms with E-state index in [9.17, 15) is 14.4 Å². The minimum atomic E-state index is -0.558. The molecule has 0 saturated heterocycles. The summed E-state index contributed by atoms with van der Waals surface area (Å²) in [5.74, 6) is -0.354. The van der Waals surface area contributed by atoms with Crippen LogP contribution < -0.4 is 16.6 Å². The van der Waals surface area contributed by atoms with Crippen LogP contribution in [0.3, 0.4) is 0 Å². The number of nitrogens with one attached hydrogen (secondary N) is 2. The van der Waals surface area contributed by atoms with Crippen molar-refractivity contribution in [3.8, 4) is 0 Å². The number of rotatable bonds is 9. The Morgan fingerprint density at radius 3 is 2.53 bits per heavy atom. The minimum absolute atomic E-state index is 0.207. The number of carbonyl (C=O) groups is 1. The van der Waals surface area contributed by atoms with Gasteiger partial charge in [-0.05, 0) is 29.2 Å². The summed E-state index contributed by atoms with van der Waals surface area (Å²) in [6, 6.07) is 19.2. The van der Waals surface area contributed by atoms with E-state index in [1.165, 1.54) is 16.8 Å². The molecule has 34 heavy (non-hydrogen) atoms. The third-order valence-corrected chi connectivity index (χ3v) is 5.37. The lowest BCUT2D eigenvalue weighted by atomic mass is 10.1. The number of H-pyrrole nitrogens is 1. The molecule has 174 valence electrons. The highest BCUT2D eigenvalue weighted by Gasteiger charge is 2.13. The molecule has 2 N–H and O–H groups in total. The second kappa shape index (κ2) is 10.7. The summed E-state index contributed by atoms with van der Waals surface area (Å²) in [5, 5.41) is 3.07. The molecule has 0 atom stereocenters. The molecule has 2 heterocycles. The normalized spacial score (nSPS) is 11.0. The summed E-state index contributed by atoms with van der Waals surface area (Å²) < 4.78 is 7.20. The number of hydrogen-bond acceptors (Lipinski definition) is 5. The van der Waals surface area contributed by atoms with Crippen LogP contribution in [-0.4, -0.2) is 20.4 Å². The van der Waals surface area contributed by atoms with Crippen LogP contribution in [0.4, 0.5) is 0 Å². The largest absolute Gasteiger partial charge is 0.372 e. The Hall–Kier alpha value is -4.04. The maximum Gasteiger partial charge on any atom is 0.329 e. The molecule has 2 aromatic heterocycles. The molecule has 0 bridgehead atoms. The first-order valence-corrected chi connectivity index (χ1v) is 11.2. The number of fused-ring (bicyclic) bond motifs is 1. The number of aromatic nitrogens is 3. The van der Waals surface area contributed by atoms with Crippen LogP contribution in [0.15, 0.2) is 76.4 Å². The lowest BCUT2D eigenvalue weighted by molar-refractivity contribution is 0.0950. The maximum atomic E-state index is 12.7. The Morgan fingerprint density at radius 2 is 1.74 bits per heavy atom. The highest BCUT2D eigenvalue weighted by Crippen LogP contribution is 2.11. The van der Waals surface area contributed by atoms with Crippen molar-refractivity contribution < 1.29 is 9.53 Å². The zero-order valence-electron chi connectivity index (χ0n) is 18.9. The molecule has 0 unspecified atom stereocenters. The second-order valence-electron chi connectivity index (χ2n) is 7.99. The highest BCUT2D eigenvalue weighted by atomic mass is 16.5. The molecule has 4 aromatic rings. The Morgan fingerprint density at radius 1 is 1.00 bits per heavy atom. The van der Waals surface area contributed by atoms with Gasteiger partial charge in [0.2, 0.25) is 0 Å². The topological polar surface area (TPSA) is 106 Å². The third-order valence-electron chi connectivity index (χ3n) is 5.37. The van der Waals surface area contributed by atoms with Crippen molar-refractivity contribution in [1.29, 1.82) is 0 Å². The summed E-state index contributed by atoms with van der Waals surface area (Å²) in [5.41, 5.74) is 2.51. The number of amides is 1. The van der Waals surface area contributed by atoms with Crippen molar-refractivity contribution in [3.63, 3.8) is 0 Å². The van der Waals surface area contributed by atoms with E-state index in [2.05, 4.69) is 15.3 Å². The minimum Gasteiger partial charge on any atom is -0.372 e. The summed E-state index contributed by atoms with van der Waals surface area (Å²) in [6.07, 6.45) is 2.10. The SMILES string of the molecule is CCCn1c(=O)[nH]c(=O)c2cc(C(=O)NCc3cccc(COCc4ccccc4)c3)cnc21. The van der Waals surface area contributed by atoms with Gasteiger partial charge in [-0.2, -0.15) is 0 Å². The Kier molecular flexibility index (Phi) is 7.29. The van der Waals surface area contributed by atoms with E-state index in [0.717, 1.165) is 16.7 Å². The van der Waals surface area contributed by atoms with E-state index in [1.54, 1.807) is 0 Å². The molecule has 0 aliphatic heterocycles. The number of aromatic amines is 1. The fourth-order valence-electron chi connectivity index (χ4n) is 3.70. The van der Waals surface area contributed by atoms with Crippen LogP contribution in [0.5, 0.6) is 0 Å². The molecule has 8 nitrogen and oxygen atoms in total. The van der Waals surface area contributed by atoms with Gasteiger partial charge in [-0.15, -0.1) is 0 Å². The first-order valence-electron chi connectivity index (χ1n) is 11.2. The number of aryl methyl sites for hydroxylation is 1. The molecular weight excluding hydrogens is 432 g/mol. The first-order chi connectivity index (χ1) is 16.5. The molecule has 0 aliphatic carbocycles. The number of pyridine rings is 1. The van der Waals surface area contributed by atoms with Gasteiger partial charge in [0.25, 0.3) is 11.5 Å². The molecule has 4 rings (SSSR count). The monoisotopic (exact) mass is 458 g/mol. The van der Waals surface area contributed by atoms with Gasteiger partial charge >= 0.3 is 5.69 Å². The van der Waals surface area contributed by atoms with Crippen LogP contribution in [-0.2, 0) is 31.0 Å². The van der Waals surface area contributed by atoms with Gasteiger partial charge in [-0.25, -0.2) is 9.78 Å². The standard InChI is InChI=1S/C26H26N4O4/c1-2-11-30-23-22(25(32)29-26(30)33)13-21(15-27-23)24(31)28-14-19-9-6-10-20(12-19)17-34-16-18-7-4-3-5-8-18/h3-10,12-13,15H,2,11,14,16-17H2,1H3,(H,28,31)(H,29,32,33). The van der Waals surface area contributed by atoms with E-state index in [1.807, 2.05) is 61.5 Å². The van der Waals surface area contributed by atoms with E-state index < -0.39 is 11.2 Å². The number of ether oxygens (including phenoxy) is 1. The lowest BCUT2D eigenvalue weighted by Crippen LogP contribution is -2.31. The average molecular weight is 459 g/mol. The van der Waals surface area contributed by atoms with Gasteiger partial charge in [0.1, 0.15) is 5.65 Å². The van der Waals surface area contributed by atoms with Gasteiger partial charge in [-0.3, -0.25) is 19.1 Å². The van der Waals surface area contributed by atoms with E-state index in [-0.39, 0.29) is 22.5 Å². The van der Waals surface area contributed by atoms with Gasteiger partial charge in [0.15, 0.2) is 0 Å². The van der Waals surface area contributed by atoms with Crippen LogP contribution >= 0.6 is 0 Å². The molecule has 0 spiro atoms. The smallest absolute Gasteiger partial charge is 0.329 e. The zero-order valence-corrected chi connectivity index (χ0v) is 18.9. The highest BCUT2D eigenvalue weighted by molar-refractivity contribution is 5.96. The predicted molar refractivity (Wildman–Crippen MR) is 129 cm³/mol. The molecule has 2 aromatic carbocycles. The Labute approximate surface area is 196 Å². The van der Waals surface area contributed by atoms with Gasteiger partial charge < -0.3 is 10.1 Å². The molecule has 8 heteroatoms.